The quantitative estimate of drug-likeness (QED) is 0.202. The molecule has 2 aliphatic rings. The number of carbonyl (C=O) groups excluding carboxylic acids is 3. The smallest absolute Gasteiger partial charge is 0.323 e. The molecule has 3 N–H and O–H groups in total. The standard InChI is InChI=1S/C21H38N4O7/c1-3-23-20(27)18-13-16(32-21(28)17-5-4-6-24-17)14-25(18)19(26)15-31-12-11-30-10-9-29-8-7-22-2/h16-18,22,24H,3-15H2,1-2H3,(H,23,27). The van der Waals surface area contributed by atoms with Crippen LogP contribution < -0.4 is 16.0 Å². The molecular formula is C21H38N4O7. The van der Waals surface area contributed by atoms with Crippen molar-refractivity contribution in [1.82, 2.24) is 20.9 Å². The van der Waals surface area contributed by atoms with Crippen molar-refractivity contribution >= 4 is 17.8 Å². The number of nitrogens with one attached hydrogen (secondary N) is 3. The van der Waals surface area contributed by atoms with Gasteiger partial charge in [0.1, 0.15) is 24.8 Å². The Labute approximate surface area is 189 Å². The maximum absolute atomic E-state index is 12.7. The van der Waals surface area contributed by atoms with Gasteiger partial charge in [-0.25, -0.2) is 0 Å². The summed E-state index contributed by atoms with van der Waals surface area (Å²) in [6.07, 6.45) is 1.45. The molecule has 3 atom stereocenters. The predicted molar refractivity (Wildman–Crippen MR) is 116 cm³/mol. The first-order chi connectivity index (χ1) is 15.6. The highest BCUT2D eigenvalue weighted by atomic mass is 16.6. The minimum absolute atomic E-state index is 0.164. The summed E-state index contributed by atoms with van der Waals surface area (Å²) in [5, 5.41) is 8.84. The minimum Gasteiger partial charge on any atom is -0.459 e. The summed E-state index contributed by atoms with van der Waals surface area (Å²) in [6.45, 7) is 6.06. The van der Waals surface area contributed by atoms with Gasteiger partial charge in [-0.05, 0) is 33.4 Å². The summed E-state index contributed by atoms with van der Waals surface area (Å²) >= 11 is 0. The van der Waals surface area contributed by atoms with Crippen LogP contribution in [0, 0.1) is 0 Å². The first-order valence-corrected chi connectivity index (χ1v) is 11.5. The molecule has 11 nitrogen and oxygen atoms in total. The molecule has 2 aliphatic heterocycles. The molecule has 0 aliphatic carbocycles. The Morgan fingerprint density at radius 1 is 1.06 bits per heavy atom. The van der Waals surface area contributed by atoms with Crippen molar-refractivity contribution in [2.24, 2.45) is 0 Å². The molecule has 0 radical (unpaired) electrons. The van der Waals surface area contributed by atoms with Crippen LogP contribution in [0.15, 0.2) is 0 Å². The van der Waals surface area contributed by atoms with Gasteiger partial charge in [-0.2, -0.15) is 0 Å². The SMILES string of the molecule is CCNC(=O)C1CC(OC(=O)C2CCCN2)CN1C(=O)COCCOCCOCCNC. The number of carbonyl (C=O) groups is 3. The number of likely N-dealkylation sites (N-methyl/N-ethyl adjacent to an activating group) is 2. The summed E-state index contributed by atoms with van der Waals surface area (Å²) in [4.78, 5) is 38.9. The summed E-state index contributed by atoms with van der Waals surface area (Å²) in [6, 6.07) is -0.980. The van der Waals surface area contributed by atoms with E-state index in [4.69, 9.17) is 18.9 Å². The van der Waals surface area contributed by atoms with Crippen molar-refractivity contribution in [2.75, 3.05) is 72.9 Å². The number of esters is 1. The van der Waals surface area contributed by atoms with Gasteiger partial charge in [-0.15, -0.1) is 0 Å². The molecule has 2 saturated heterocycles. The molecule has 32 heavy (non-hydrogen) atoms. The average molecular weight is 459 g/mol. The van der Waals surface area contributed by atoms with Crippen LogP contribution in [0.3, 0.4) is 0 Å². The Morgan fingerprint density at radius 2 is 1.78 bits per heavy atom. The van der Waals surface area contributed by atoms with E-state index >= 15 is 0 Å². The maximum Gasteiger partial charge on any atom is 0.323 e. The molecule has 2 fully saturated rings. The third-order valence-corrected chi connectivity index (χ3v) is 5.33. The number of nitrogens with zero attached hydrogens (tertiary/aromatic N) is 1. The molecule has 3 unspecified atom stereocenters. The second kappa shape index (κ2) is 15.1. The molecule has 11 heteroatoms. The zero-order chi connectivity index (χ0) is 23.2. The zero-order valence-corrected chi connectivity index (χ0v) is 19.2. The Morgan fingerprint density at radius 3 is 2.44 bits per heavy atom. The van der Waals surface area contributed by atoms with E-state index in [1.54, 1.807) is 0 Å². The number of ether oxygens (including phenoxy) is 4. The highest BCUT2D eigenvalue weighted by molar-refractivity contribution is 5.89. The third kappa shape index (κ3) is 8.99. The second-order valence-corrected chi connectivity index (χ2v) is 7.78. The van der Waals surface area contributed by atoms with E-state index in [0.717, 1.165) is 25.9 Å². The fraction of sp³-hybridized carbons (Fsp3) is 0.857. The molecule has 2 heterocycles. The lowest BCUT2D eigenvalue weighted by Crippen LogP contribution is -2.47. The van der Waals surface area contributed by atoms with Gasteiger partial charge in [0.25, 0.3) is 0 Å². The Kier molecular flexibility index (Phi) is 12.5. The molecule has 2 rings (SSSR count). The van der Waals surface area contributed by atoms with Crippen molar-refractivity contribution in [1.29, 1.82) is 0 Å². The van der Waals surface area contributed by atoms with Crippen molar-refractivity contribution in [3.63, 3.8) is 0 Å². The van der Waals surface area contributed by atoms with E-state index in [2.05, 4.69) is 16.0 Å². The first-order valence-electron chi connectivity index (χ1n) is 11.5. The summed E-state index contributed by atoms with van der Waals surface area (Å²) in [5.74, 6) is -0.881. The summed E-state index contributed by atoms with van der Waals surface area (Å²) in [5.41, 5.74) is 0. The van der Waals surface area contributed by atoms with Gasteiger partial charge in [-0.1, -0.05) is 0 Å². The summed E-state index contributed by atoms with van der Waals surface area (Å²) < 4.78 is 21.8. The first kappa shape index (κ1) is 26.5. The molecule has 0 aromatic rings. The number of likely N-dealkylation sites (tertiary alicyclic amines) is 1. The van der Waals surface area contributed by atoms with Gasteiger partial charge in [0.15, 0.2) is 0 Å². The largest absolute Gasteiger partial charge is 0.459 e. The number of hydrogen-bond donors (Lipinski definition) is 3. The predicted octanol–water partition coefficient (Wildman–Crippen LogP) is -1.34. The maximum atomic E-state index is 12.7. The highest BCUT2D eigenvalue weighted by Crippen LogP contribution is 2.22. The van der Waals surface area contributed by atoms with E-state index in [9.17, 15) is 14.4 Å². The molecule has 2 amide bonds. The fourth-order valence-electron chi connectivity index (χ4n) is 3.69. The number of hydrogen-bond acceptors (Lipinski definition) is 9. The highest BCUT2D eigenvalue weighted by Gasteiger charge is 2.41. The summed E-state index contributed by atoms with van der Waals surface area (Å²) in [7, 11) is 1.86. The van der Waals surface area contributed by atoms with Crippen molar-refractivity contribution < 1.29 is 33.3 Å². The lowest BCUT2D eigenvalue weighted by atomic mass is 10.1. The lowest BCUT2D eigenvalue weighted by molar-refractivity contribution is -0.151. The second-order valence-electron chi connectivity index (χ2n) is 7.78. The molecule has 0 saturated carbocycles. The normalized spacial score (nSPS) is 22.8. The van der Waals surface area contributed by atoms with E-state index in [1.165, 1.54) is 4.90 Å². The molecule has 0 spiro atoms. The Hall–Kier alpha value is -1.79. The van der Waals surface area contributed by atoms with Gasteiger partial charge >= 0.3 is 5.97 Å². The average Bonchev–Trinajstić information content (AvgIpc) is 3.45. The van der Waals surface area contributed by atoms with Gasteiger partial charge in [0, 0.05) is 19.5 Å². The number of rotatable bonds is 15. The van der Waals surface area contributed by atoms with Crippen LogP contribution in [0.4, 0.5) is 0 Å². The Bertz CT molecular complexity index is 586. The van der Waals surface area contributed by atoms with Gasteiger partial charge in [-0.3, -0.25) is 14.4 Å². The van der Waals surface area contributed by atoms with Gasteiger partial charge < -0.3 is 39.8 Å². The number of amides is 2. The van der Waals surface area contributed by atoms with Crippen LogP contribution in [0.25, 0.3) is 0 Å². The van der Waals surface area contributed by atoms with Crippen molar-refractivity contribution in [3.05, 3.63) is 0 Å². The molecule has 0 bridgehead atoms. The molecular weight excluding hydrogens is 420 g/mol. The van der Waals surface area contributed by atoms with Gasteiger partial charge in [0.05, 0.1) is 39.6 Å². The lowest BCUT2D eigenvalue weighted by Gasteiger charge is -2.23. The van der Waals surface area contributed by atoms with Crippen molar-refractivity contribution in [3.8, 4) is 0 Å². The third-order valence-electron chi connectivity index (χ3n) is 5.33. The van der Waals surface area contributed by atoms with E-state index < -0.39 is 12.1 Å². The van der Waals surface area contributed by atoms with Crippen LogP contribution in [0.1, 0.15) is 26.2 Å². The van der Waals surface area contributed by atoms with Crippen LogP contribution in [-0.4, -0.2) is 114 Å². The molecule has 0 aromatic carbocycles. The topological polar surface area (TPSA) is 127 Å². The van der Waals surface area contributed by atoms with E-state index in [-0.39, 0.29) is 50.0 Å². The van der Waals surface area contributed by atoms with E-state index in [1.807, 2.05) is 14.0 Å². The van der Waals surface area contributed by atoms with Crippen LogP contribution in [0.5, 0.6) is 0 Å². The van der Waals surface area contributed by atoms with Crippen LogP contribution >= 0.6 is 0 Å². The van der Waals surface area contributed by atoms with Crippen LogP contribution in [0.2, 0.25) is 0 Å². The van der Waals surface area contributed by atoms with Crippen molar-refractivity contribution in [2.45, 2.75) is 44.4 Å². The van der Waals surface area contributed by atoms with E-state index in [0.29, 0.717) is 33.0 Å². The monoisotopic (exact) mass is 458 g/mol. The molecule has 0 aromatic heterocycles. The fourth-order valence-corrected chi connectivity index (χ4v) is 3.69. The van der Waals surface area contributed by atoms with Crippen LogP contribution in [-0.2, 0) is 33.3 Å². The van der Waals surface area contributed by atoms with Gasteiger partial charge in [0.2, 0.25) is 11.8 Å². The minimum atomic E-state index is -0.675. The Balaban J connectivity index is 1.71. The zero-order valence-electron chi connectivity index (χ0n) is 19.2. The molecule has 184 valence electrons.